The van der Waals surface area contributed by atoms with Crippen molar-refractivity contribution in [1.29, 1.82) is 0 Å². The van der Waals surface area contributed by atoms with Crippen LogP contribution in [-0.2, 0) is 13.2 Å². The van der Waals surface area contributed by atoms with Crippen molar-refractivity contribution in [2.45, 2.75) is 18.0 Å². The molecule has 0 fully saturated rings. The average molecular weight is 454 g/mol. The van der Waals surface area contributed by atoms with Crippen LogP contribution in [-0.4, -0.2) is 20.3 Å². The van der Waals surface area contributed by atoms with Gasteiger partial charge >= 0.3 is 6.18 Å². The molecule has 0 spiro atoms. The minimum atomic E-state index is -4.50. The third-order valence-corrected chi connectivity index (χ3v) is 6.87. The maximum absolute atomic E-state index is 13.0. The van der Waals surface area contributed by atoms with E-state index in [9.17, 15) is 13.2 Å². The number of benzene rings is 1. The first-order valence-corrected chi connectivity index (χ1v) is 10.9. The van der Waals surface area contributed by atoms with E-state index in [4.69, 9.17) is 11.6 Å². The molecule has 3 nitrogen and oxygen atoms in total. The molecule has 9 heteroatoms. The minimum Gasteiger partial charge on any atom is -0.325 e. The van der Waals surface area contributed by atoms with Crippen molar-refractivity contribution in [2.24, 2.45) is 7.05 Å². The predicted molar refractivity (Wildman–Crippen MR) is 114 cm³/mol. The summed E-state index contributed by atoms with van der Waals surface area (Å²) in [6.07, 6.45) is -3.27. The Kier molecular flexibility index (Phi) is 5.35. The number of halogens is 4. The first-order valence-electron chi connectivity index (χ1n) is 8.70. The van der Waals surface area contributed by atoms with Gasteiger partial charge in [-0.05, 0) is 35.6 Å². The quantitative estimate of drug-likeness (QED) is 0.307. The second kappa shape index (κ2) is 7.66. The van der Waals surface area contributed by atoms with Gasteiger partial charge in [0.05, 0.1) is 22.1 Å². The molecule has 0 aliphatic heterocycles. The molecule has 0 saturated heterocycles. The van der Waals surface area contributed by atoms with Gasteiger partial charge < -0.3 is 4.57 Å². The number of fused-ring (bicyclic) bond motifs is 1. The maximum atomic E-state index is 13.0. The summed E-state index contributed by atoms with van der Waals surface area (Å²) in [6, 6.07) is 10.7. The van der Waals surface area contributed by atoms with Crippen LogP contribution >= 0.6 is 34.7 Å². The van der Waals surface area contributed by atoms with E-state index < -0.39 is 11.9 Å². The standard InChI is InChI=1S/C20H15ClF3N3S2/c1-3-28-16-9-15(11-4-6-12(21)7-5-11)29-18(16)19-26-13-8-17(20(22,23)24)25-10-14(13)27(19)2/h4-10H,3H2,1-2H3. The van der Waals surface area contributed by atoms with E-state index in [1.54, 1.807) is 34.7 Å². The smallest absolute Gasteiger partial charge is 0.325 e. The predicted octanol–water partition coefficient (Wildman–Crippen LogP) is 7.15. The zero-order chi connectivity index (χ0) is 20.8. The molecule has 0 saturated carbocycles. The number of hydrogen-bond acceptors (Lipinski definition) is 4. The number of hydrogen-bond donors (Lipinski definition) is 0. The van der Waals surface area contributed by atoms with Crippen molar-refractivity contribution in [3.63, 3.8) is 0 Å². The summed E-state index contributed by atoms with van der Waals surface area (Å²) in [5.41, 5.74) is 0.926. The molecular weight excluding hydrogens is 439 g/mol. The highest BCUT2D eigenvalue weighted by molar-refractivity contribution is 7.99. The van der Waals surface area contributed by atoms with E-state index in [1.165, 1.54) is 6.20 Å². The van der Waals surface area contributed by atoms with Crippen LogP contribution in [0.15, 0.2) is 47.5 Å². The Balaban J connectivity index is 1.85. The maximum Gasteiger partial charge on any atom is 0.433 e. The van der Waals surface area contributed by atoms with Crippen molar-refractivity contribution < 1.29 is 13.2 Å². The van der Waals surface area contributed by atoms with Gasteiger partial charge in [0, 0.05) is 21.8 Å². The monoisotopic (exact) mass is 453 g/mol. The summed E-state index contributed by atoms with van der Waals surface area (Å²) in [5, 5.41) is 0.664. The second-order valence-corrected chi connectivity index (χ2v) is 9.09. The third kappa shape index (κ3) is 3.89. The fraction of sp³-hybridized carbons (Fsp3) is 0.200. The molecule has 0 aliphatic carbocycles. The number of pyridine rings is 1. The van der Waals surface area contributed by atoms with Crippen molar-refractivity contribution in [3.8, 4) is 21.1 Å². The Hall–Kier alpha value is -2.03. The number of nitrogens with zero attached hydrogens (tertiary/aromatic N) is 3. The van der Waals surface area contributed by atoms with Crippen molar-refractivity contribution in [1.82, 2.24) is 14.5 Å². The van der Waals surface area contributed by atoms with Gasteiger partial charge in [0.2, 0.25) is 0 Å². The molecular formula is C20H15ClF3N3S2. The van der Waals surface area contributed by atoms with E-state index in [0.29, 0.717) is 16.4 Å². The number of alkyl halides is 3. The molecule has 0 N–H and O–H groups in total. The Labute approximate surface area is 178 Å². The summed E-state index contributed by atoms with van der Waals surface area (Å²) in [4.78, 5) is 11.1. The van der Waals surface area contributed by atoms with Crippen molar-refractivity contribution in [2.75, 3.05) is 5.75 Å². The lowest BCUT2D eigenvalue weighted by atomic mass is 10.2. The van der Waals surface area contributed by atoms with Gasteiger partial charge in [-0.3, -0.25) is 0 Å². The molecule has 4 rings (SSSR count). The van der Waals surface area contributed by atoms with Crippen molar-refractivity contribution in [3.05, 3.63) is 53.3 Å². The fourth-order valence-electron chi connectivity index (χ4n) is 3.00. The molecule has 0 atom stereocenters. The van der Waals surface area contributed by atoms with Crippen LogP contribution in [0, 0.1) is 0 Å². The summed E-state index contributed by atoms with van der Waals surface area (Å²) < 4.78 is 40.9. The largest absolute Gasteiger partial charge is 0.433 e. The Morgan fingerprint density at radius 3 is 2.55 bits per heavy atom. The molecule has 0 bridgehead atoms. The van der Waals surface area contributed by atoms with Gasteiger partial charge in [-0.1, -0.05) is 30.7 Å². The Bertz CT molecular complexity index is 1180. The topological polar surface area (TPSA) is 30.7 Å². The molecule has 29 heavy (non-hydrogen) atoms. The van der Waals surface area contributed by atoms with E-state index in [2.05, 4.69) is 23.0 Å². The van der Waals surface area contributed by atoms with Crippen LogP contribution in [0.4, 0.5) is 13.2 Å². The zero-order valence-electron chi connectivity index (χ0n) is 15.4. The SMILES string of the molecule is CCSc1cc(-c2ccc(Cl)cc2)sc1-c1nc2cc(C(F)(F)F)ncc2n1C. The Morgan fingerprint density at radius 2 is 1.90 bits per heavy atom. The van der Waals surface area contributed by atoms with Gasteiger partial charge in [0.25, 0.3) is 0 Å². The molecule has 0 unspecified atom stereocenters. The molecule has 0 amide bonds. The van der Waals surface area contributed by atoms with E-state index in [-0.39, 0.29) is 5.52 Å². The van der Waals surface area contributed by atoms with Crippen LogP contribution in [0.25, 0.3) is 32.2 Å². The van der Waals surface area contributed by atoms with Crippen LogP contribution in [0.5, 0.6) is 0 Å². The molecule has 3 heterocycles. The highest BCUT2D eigenvalue weighted by atomic mass is 35.5. The van der Waals surface area contributed by atoms with E-state index in [0.717, 1.165) is 32.0 Å². The third-order valence-electron chi connectivity index (χ3n) is 4.39. The highest BCUT2D eigenvalue weighted by Gasteiger charge is 2.33. The van der Waals surface area contributed by atoms with Gasteiger partial charge in [0.1, 0.15) is 5.69 Å². The van der Waals surface area contributed by atoms with E-state index >= 15 is 0 Å². The first-order chi connectivity index (χ1) is 13.8. The lowest BCUT2D eigenvalue weighted by Gasteiger charge is -2.05. The van der Waals surface area contributed by atoms with E-state index in [1.807, 2.05) is 24.3 Å². The van der Waals surface area contributed by atoms with Crippen molar-refractivity contribution >= 4 is 45.7 Å². The van der Waals surface area contributed by atoms with Gasteiger partial charge in [-0.15, -0.1) is 23.1 Å². The van der Waals surface area contributed by atoms with Crippen LogP contribution in [0.1, 0.15) is 12.6 Å². The minimum absolute atomic E-state index is 0.277. The second-order valence-electron chi connectivity index (χ2n) is 6.29. The molecule has 1 aromatic carbocycles. The number of thiophene rings is 1. The van der Waals surface area contributed by atoms with Gasteiger partial charge in [-0.2, -0.15) is 13.2 Å². The van der Waals surface area contributed by atoms with Gasteiger partial charge in [-0.25, -0.2) is 9.97 Å². The molecule has 3 aromatic heterocycles. The molecule has 150 valence electrons. The number of aromatic nitrogens is 3. The number of imidazole rings is 1. The Morgan fingerprint density at radius 1 is 1.17 bits per heavy atom. The molecule has 4 aromatic rings. The summed E-state index contributed by atoms with van der Waals surface area (Å²) in [6.45, 7) is 2.06. The highest BCUT2D eigenvalue weighted by Crippen LogP contribution is 2.43. The normalized spacial score (nSPS) is 12.1. The average Bonchev–Trinajstić information content (AvgIpc) is 3.23. The lowest BCUT2D eigenvalue weighted by molar-refractivity contribution is -0.141. The zero-order valence-corrected chi connectivity index (χ0v) is 17.8. The number of thioether (sulfide) groups is 1. The summed E-state index contributed by atoms with van der Waals surface area (Å²) >= 11 is 9.23. The van der Waals surface area contributed by atoms with Crippen LogP contribution < -0.4 is 0 Å². The molecule has 0 radical (unpaired) electrons. The summed E-state index contributed by atoms with van der Waals surface area (Å²) in [5.74, 6) is 1.50. The van der Waals surface area contributed by atoms with Crippen LogP contribution in [0.2, 0.25) is 5.02 Å². The summed E-state index contributed by atoms with van der Waals surface area (Å²) in [7, 11) is 1.79. The number of rotatable bonds is 4. The van der Waals surface area contributed by atoms with Gasteiger partial charge in [0.15, 0.2) is 5.82 Å². The molecule has 0 aliphatic rings. The first kappa shape index (κ1) is 20.3. The number of aryl methyl sites for hydroxylation is 1. The lowest BCUT2D eigenvalue weighted by Crippen LogP contribution is -2.07. The van der Waals surface area contributed by atoms with Crippen LogP contribution in [0.3, 0.4) is 0 Å². The fourth-order valence-corrected chi connectivity index (χ4v) is 5.32.